The van der Waals surface area contributed by atoms with E-state index in [2.05, 4.69) is 5.32 Å². The number of anilines is 1. The summed E-state index contributed by atoms with van der Waals surface area (Å²) in [7, 11) is 0. The number of carbonyl (C=O) groups is 1. The maximum Gasteiger partial charge on any atom is 0.221 e. The van der Waals surface area contributed by atoms with Gasteiger partial charge in [0.25, 0.3) is 0 Å². The van der Waals surface area contributed by atoms with Gasteiger partial charge in [0.15, 0.2) is 0 Å². The molecule has 0 radical (unpaired) electrons. The number of halogens is 1. The van der Waals surface area contributed by atoms with Gasteiger partial charge in [0.1, 0.15) is 5.82 Å². The van der Waals surface area contributed by atoms with Crippen molar-refractivity contribution < 1.29 is 14.3 Å². The van der Waals surface area contributed by atoms with Gasteiger partial charge in [-0.2, -0.15) is 0 Å². The second-order valence-corrected chi connectivity index (χ2v) is 3.31. The number of aliphatic hydroxyl groups is 1. The number of aryl methyl sites for hydroxylation is 1. The third-order valence-corrected chi connectivity index (χ3v) is 1.99. The highest BCUT2D eigenvalue weighted by molar-refractivity contribution is 5.89. The normalized spacial score (nSPS) is 10.1. The molecule has 15 heavy (non-hydrogen) atoms. The van der Waals surface area contributed by atoms with Crippen molar-refractivity contribution in [3.63, 3.8) is 0 Å². The molecule has 0 saturated heterocycles. The maximum absolute atomic E-state index is 12.9. The summed E-state index contributed by atoms with van der Waals surface area (Å²) in [6, 6.07) is 4.25. The molecule has 1 rings (SSSR count). The standard InChI is InChI=1S/C11H14FNO2/c1-8(15)13-11-7-10(12)5-4-9(11)3-2-6-14/h4-5,7,14H,2-3,6H2,1H3,(H,13,15). The van der Waals surface area contributed by atoms with Gasteiger partial charge < -0.3 is 10.4 Å². The number of hydrogen-bond acceptors (Lipinski definition) is 2. The molecule has 0 aromatic heterocycles. The van der Waals surface area contributed by atoms with E-state index in [0.29, 0.717) is 18.5 Å². The van der Waals surface area contributed by atoms with Crippen molar-refractivity contribution in [1.82, 2.24) is 0 Å². The van der Waals surface area contributed by atoms with Crippen LogP contribution in [0.3, 0.4) is 0 Å². The van der Waals surface area contributed by atoms with Crippen LogP contribution in [0, 0.1) is 5.82 Å². The van der Waals surface area contributed by atoms with Crippen LogP contribution in [-0.4, -0.2) is 17.6 Å². The zero-order chi connectivity index (χ0) is 11.3. The lowest BCUT2D eigenvalue weighted by atomic mass is 10.1. The predicted octanol–water partition coefficient (Wildman–Crippen LogP) is 1.71. The first-order chi connectivity index (χ1) is 7.13. The zero-order valence-electron chi connectivity index (χ0n) is 8.59. The van der Waals surface area contributed by atoms with Gasteiger partial charge in [-0.3, -0.25) is 4.79 Å². The Kier molecular flexibility index (Phi) is 4.24. The molecule has 0 saturated carbocycles. The lowest BCUT2D eigenvalue weighted by molar-refractivity contribution is -0.114. The summed E-state index contributed by atoms with van der Waals surface area (Å²) in [5.41, 5.74) is 1.32. The van der Waals surface area contributed by atoms with Gasteiger partial charge in [0, 0.05) is 19.2 Å². The SMILES string of the molecule is CC(=O)Nc1cc(F)ccc1CCCO. The van der Waals surface area contributed by atoms with E-state index >= 15 is 0 Å². The second kappa shape index (κ2) is 5.46. The molecule has 1 aromatic carbocycles. The Labute approximate surface area is 87.9 Å². The molecule has 1 amide bonds. The average Bonchev–Trinajstić information content (AvgIpc) is 2.16. The first kappa shape index (κ1) is 11.7. The van der Waals surface area contributed by atoms with Crippen LogP contribution in [0.1, 0.15) is 18.9 Å². The highest BCUT2D eigenvalue weighted by Crippen LogP contribution is 2.18. The molecular weight excluding hydrogens is 197 g/mol. The molecule has 0 aliphatic rings. The van der Waals surface area contributed by atoms with Crippen LogP contribution in [0.2, 0.25) is 0 Å². The molecule has 0 atom stereocenters. The van der Waals surface area contributed by atoms with Crippen molar-refractivity contribution in [3.05, 3.63) is 29.6 Å². The van der Waals surface area contributed by atoms with Crippen molar-refractivity contribution in [3.8, 4) is 0 Å². The fourth-order valence-electron chi connectivity index (χ4n) is 1.34. The van der Waals surface area contributed by atoms with Crippen LogP contribution in [0.5, 0.6) is 0 Å². The molecule has 0 heterocycles. The van der Waals surface area contributed by atoms with Crippen molar-refractivity contribution >= 4 is 11.6 Å². The molecule has 0 aliphatic carbocycles. The average molecular weight is 211 g/mol. The summed E-state index contributed by atoms with van der Waals surface area (Å²) in [6.45, 7) is 1.46. The quantitative estimate of drug-likeness (QED) is 0.796. The Morgan fingerprint density at radius 3 is 2.87 bits per heavy atom. The summed E-state index contributed by atoms with van der Waals surface area (Å²) in [4.78, 5) is 10.9. The molecule has 0 bridgehead atoms. The fraction of sp³-hybridized carbons (Fsp3) is 0.364. The fourth-order valence-corrected chi connectivity index (χ4v) is 1.34. The highest BCUT2D eigenvalue weighted by Gasteiger charge is 2.05. The molecule has 2 N–H and O–H groups in total. The van der Waals surface area contributed by atoms with Crippen molar-refractivity contribution in [2.45, 2.75) is 19.8 Å². The molecule has 3 nitrogen and oxygen atoms in total. The Bertz CT molecular complexity index is 352. The van der Waals surface area contributed by atoms with E-state index in [4.69, 9.17) is 5.11 Å². The van der Waals surface area contributed by atoms with Crippen LogP contribution >= 0.6 is 0 Å². The number of benzene rings is 1. The lowest BCUT2D eigenvalue weighted by Crippen LogP contribution is -2.08. The van der Waals surface area contributed by atoms with Gasteiger partial charge in [0.05, 0.1) is 0 Å². The van der Waals surface area contributed by atoms with Crippen LogP contribution in [0.4, 0.5) is 10.1 Å². The Hall–Kier alpha value is -1.42. The summed E-state index contributed by atoms with van der Waals surface area (Å²) >= 11 is 0. The van der Waals surface area contributed by atoms with Gasteiger partial charge in [-0.15, -0.1) is 0 Å². The largest absolute Gasteiger partial charge is 0.396 e. The molecule has 0 spiro atoms. The Morgan fingerprint density at radius 1 is 1.53 bits per heavy atom. The van der Waals surface area contributed by atoms with E-state index in [1.54, 1.807) is 6.07 Å². The van der Waals surface area contributed by atoms with Gasteiger partial charge in [-0.1, -0.05) is 6.07 Å². The van der Waals surface area contributed by atoms with E-state index in [-0.39, 0.29) is 18.3 Å². The van der Waals surface area contributed by atoms with E-state index < -0.39 is 0 Å². The highest BCUT2D eigenvalue weighted by atomic mass is 19.1. The number of amides is 1. The molecule has 0 fully saturated rings. The summed E-state index contributed by atoms with van der Waals surface area (Å²) in [6.07, 6.45) is 1.21. The minimum absolute atomic E-state index is 0.0802. The van der Waals surface area contributed by atoms with E-state index in [1.165, 1.54) is 19.1 Å². The minimum Gasteiger partial charge on any atom is -0.396 e. The third kappa shape index (κ3) is 3.67. The zero-order valence-corrected chi connectivity index (χ0v) is 8.59. The van der Waals surface area contributed by atoms with Gasteiger partial charge in [0.2, 0.25) is 5.91 Å². The first-order valence-corrected chi connectivity index (χ1v) is 4.80. The monoisotopic (exact) mass is 211 g/mol. The van der Waals surface area contributed by atoms with Crippen LogP contribution in [0.25, 0.3) is 0 Å². The maximum atomic E-state index is 12.9. The summed E-state index contributed by atoms with van der Waals surface area (Å²) in [5, 5.41) is 11.3. The number of aliphatic hydroxyl groups excluding tert-OH is 1. The predicted molar refractivity (Wildman–Crippen MR) is 56.1 cm³/mol. The van der Waals surface area contributed by atoms with Crippen LogP contribution < -0.4 is 5.32 Å². The number of hydrogen-bond donors (Lipinski definition) is 2. The molecular formula is C11H14FNO2. The van der Waals surface area contributed by atoms with Crippen LogP contribution in [0.15, 0.2) is 18.2 Å². The lowest BCUT2D eigenvalue weighted by Gasteiger charge is -2.09. The Balaban J connectivity index is 2.87. The first-order valence-electron chi connectivity index (χ1n) is 4.80. The van der Waals surface area contributed by atoms with E-state index in [1.807, 2.05) is 0 Å². The second-order valence-electron chi connectivity index (χ2n) is 3.31. The third-order valence-electron chi connectivity index (χ3n) is 1.99. The Morgan fingerprint density at radius 2 is 2.27 bits per heavy atom. The van der Waals surface area contributed by atoms with E-state index in [9.17, 15) is 9.18 Å². The van der Waals surface area contributed by atoms with Gasteiger partial charge in [-0.05, 0) is 30.5 Å². The molecule has 0 unspecified atom stereocenters. The summed E-state index contributed by atoms with van der Waals surface area (Å²) in [5.74, 6) is -0.614. The minimum atomic E-state index is -0.383. The van der Waals surface area contributed by atoms with Crippen molar-refractivity contribution in [2.75, 3.05) is 11.9 Å². The molecule has 4 heteroatoms. The van der Waals surface area contributed by atoms with Crippen LogP contribution in [-0.2, 0) is 11.2 Å². The topological polar surface area (TPSA) is 49.3 Å². The van der Waals surface area contributed by atoms with Gasteiger partial charge in [-0.25, -0.2) is 4.39 Å². The molecule has 0 aliphatic heterocycles. The van der Waals surface area contributed by atoms with Gasteiger partial charge >= 0.3 is 0 Å². The summed E-state index contributed by atoms with van der Waals surface area (Å²) < 4.78 is 12.9. The number of nitrogens with one attached hydrogen (secondary N) is 1. The smallest absolute Gasteiger partial charge is 0.221 e. The number of carbonyl (C=O) groups excluding carboxylic acids is 1. The van der Waals surface area contributed by atoms with E-state index in [0.717, 1.165) is 5.56 Å². The van der Waals surface area contributed by atoms with Crippen molar-refractivity contribution in [1.29, 1.82) is 0 Å². The van der Waals surface area contributed by atoms with Crippen molar-refractivity contribution in [2.24, 2.45) is 0 Å². The molecule has 1 aromatic rings. The molecule has 82 valence electrons. The number of rotatable bonds is 4.